The van der Waals surface area contributed by atoms with Crippen molar-refractivity contribution in [2.24, 2.45) is 0 Å². The predicted octanol–water partition coefficient (Wildman–Crippen LogP) is -2.63. The normalized spacial score (nSPS) is 17.3. The minimum atomic E-state index is -4.94. The SMILES string of the molecule is C[N+](C)=C/C=C1/C=CSS1.[O-][Cl+3]([O-])([O-])[O-]. The lowest BCUT2D eigenvalue weighted by Crippen LogP contribution is -2.68. The van der Waals surface area contributed by atoms with Crippen LogP contribution in [0.15, 0.2) is 22.5 Å². The first-order chi connectivity index (χ1) is 6.79. The standard InChI is InChI=1S/C7H10NS2.ClHO4/c1-8(2)5-3-7-4-6-9-10-7;2-1(3,4)5/h3-6H,1-2H3;(H,2,3,4,5)/q+1;/p-1/b7-3-;. The molecule has 15 heavy (non-hydrogen) atoms. The lowest BCUT2D eigenvalue weighted by molar-refractivity contribution is -2.00. The average Bonchev–Trinajstić information content (AvgIpc) is 2.48. The fraction of sp³-hybridized carbons (Fsp3) is 0.286. The molecular weight excluding hydrogens is 262 g/mol. The number of hydrogen-bond donors (Lipinski definition) is 0. The molecule has 1 heterocycles. The van der Waals surface area contributed by atoms with E-state index < -0.39 is 10.2 Å². The maximum absolute atomic E-state index is 8.49. The van der Waals surface area contributed by atoms with Crippen LogP contribution in [0.4, 0.5) is 0 Å². The highest BCUT2D eigenvalue weighted by Gasteiger charge is 1.98. The number of allylic oxidation sites excluding steroid dienone is 2. The Hall–Kier alpha value is -0.0200. The Bertz CT molecular complexity index is 275. The maximum Gasteiger partial charge on any atom is 0.164 e. The van der Waals surface area contributed by atoms with Crippen molar-refractivity contribution in [3.63, 3.8) is 0 Å². The second-order valence-corrected chi connectivity index (χ2v) is 5.48. The van der Waals surface area contributed by atoms with Crippen LogP contribution in [0.5, 0.6) is 0 Å². The van der Waals surface area contributed by atoms with Crippen LogP contribution in [0.2, 0.25) is 0 Å². The quantitative estimate of drug-likeness (QED) is 0.294. The lowest BCUT2D eigenvalue weighted by Gasteiger charge is -2.17. The van der Waals surface area contributed by atoms with Crippen LogP contribution < -0.4 is 18.6 Å². The summed E-state index contributed by atoms with van der Waals surface area (Å²) < 4.78 is 36.0. The molecule has 0 saturated heterocycles. The third kappa shape index (κ3) is 14.0. The topological polar surface area (TPSA) is 95.2 Å². The number of rotatable bonds is 1. The average molecular weight is 272 g/mol. The van der Waals surface area contributed by atoms with E-state index in [2.05, 4.69) is 23.8 Å². The summed E-state index contributed by atoms with van der Waals surface area (Å²) in [5.74, 6) is 0. The number of halogens is 1. The van der Waals surface area contributed by atoms with Crippen molar-refractivity contribution < 1.29 is 33.5 Å². The van der Waals surface area contributed by atoms with Gasteiger partial charge in [0.15, 0.2) is 6.21 Å². The Morgan fingerprint density at radius 3 is 2.13 bits per heavy atom. The van der Waals surface area contributed by atoms with Gasteiger partial charge in [-0.25, -0.2) is 23.2 Å². The summed E-state index contributed by atoms with van der Waals surface area (Å²) in [6.07, 6.45) is 6.29. The van der Waals surface area contributed by atoms with E-state index in [-0.39, 0.29) is 0 Å². The summed E-state index contributed by atoms with van der Waals surface area (Å²) in [6.45, 7) is 0. The second kappa shape index (κ2) is 7.29. The summed E-state index contributed by atoms with van der Waals surface area (Å²) in [5, 5.41) is 2.10. The van der Waals surface area contributed by atoms with E-state index in [0.29, 0.717) is 0 Å². The molecule has 0 spiro atoms. The van der Waals surface area contributed by atoms with E-state index in [1.165, 1.54) is 4.91 Å². The van der Waals surface area contributed by atoms with Crippen LogP contribution in [0.3, 0.4) is 0 Å². The van der Waals surface area contributed by atoms with Gasteiger partial charge < -0.3 is 0 Å². The highest BCUT2D eigenvalue weighted by atomic mass is 35.7. The molecule has 86 valence electrons. The molecule has 0 saturated carbocycles. The van der Waals surface area contributed by atoms with E-state index in [1.54, 1.807) is 21.6 Å². The van der Waals surface area contributed by atoms with Crippen molar-refractivity contribution in [2.45, 2.75) is 0 Å². The van der Waals surface area contributed by atoms with E-state index >= 15 is 0 Å². The summed E-state index contributed by atoms with van der Waals surface area (Å²) in [5.41, 5.74) is 0. The molecule has 1 aliphatic rings. The summed E-state index contributed by atoms with van der Waals surface area (Å²) in [7, 11) is 2.65. The van der Waals surface area contributed by atoms with Gasteiger partial charge >= 0.3 is 0 Å². The second-order valence-electron chi connectivity index (χ2n) is 2.54. The molecule has 0 bridgehead atoms. The van der Waals surface area contributed by atoms with Crippen LogP contribution in [0.1, 0.15) is 0 Å². The van der Waals surface area contributed by atoms with Gasteiger partial charge in [-0.15, -0.1) is 10.2 Å². The van der Waals surface area contributed by atoms with Crippen LogP contribution in [-0.2, 0) is 0 Å². The van der Waals surface area contributed by atoms with Crippen molar-refractivity contribution in [3.05, 3.63) is 22.5 Å². The van der Waals surface area contributed by atoms with Crippen LogP contribution >= 0.6 is 21.6 Å². The Morgan fingerprint density at radius 2 is 1.80 bits per heavy atom. The first-order valence-electron chi connectivity index (χ1n) is 3.62. The van der Waals surface area contributed by atoms with Gasteiger partial charge in [-0.05, 0) is 11.5 Å². The van der Waals surface area contributed by atoms with Crippen LogP contribution in [-0.4, -0.2) is 24.9 Å². The van der Waals surface area contributed by atoms with Gasteiger partial charge in [0.05, 0.1) is 0 Å². The number of nitrogens with zero attached hydrogens (tertiary/aromatic N) is 1. The van der Waals surface area contributed by atoms with Gasteiger partial charge in [-0.1, -0.05) is 21.6 Å². The highest BCUT2D eigenvalue weighted by Crippen LogP contribution is 2.37. The first kappa shape index (κ1) is 15.0. The highest BCUT2D eigenvalue weighted by molar-refractivity contribution is 8.79. The molecule has 0 aromatic carbocycles. The van der Waals surface area contributed by atoms with Crippen molar-refractivity contribution in [1.82, 2.24) is 0 Å². The summed E-state index contributed by atoms with van der Waals surface area (Å²) >= 11 is 0. The molecule has 0 atom stereocenters. The molecule has 0 aliphatic carbocycles. The van der Waals surface area contributed by atoms with Crippen LogP contribution in [0.25, 0.3) is 0 Å². The van der Waals surface area contributed by atoms with E-state index in [0.717, 1.165) is 0 Å². The third-order valence-corrected chi connectivity index (χ3v) is 2.98. The van der Waals surface area contributed by atoms with Crippen molar-refractivity contribution in [1.29, 1.82) is 0 Å². The van der Waals surface area contributed by atoms with Crippen LogP contribution in [0, 0.1) is 10.2 Å². The Balaban J connectivity index is 0.000000336. The van der Waals surface area contributed by atoms with E-state index in [4.69, 9.17) is 18.6 Å². The molecule has 1 aliphatic heterocycles. The maximum atomic E-state index is 8.49. The van der Waals surface area contributed by atoms with Gasteiger partial charge in [0.25, 0.3) is 0 Å². The van der Waals surface area contributed by atoms with Crippen molar-refractivity contribution in [2.75, 3.05) is 14.1 Å². The molecule has 1 rings (SSSR count). The number of hydrogen-bond acceptors (Lipinski definition) is 6. The van der Waals surface area contributed by atoms with Gasteiger partial charge in [0.2, 0.25) is 0 Å². The molecule has 0 N–H and O–H groups in total. The molecule has 0 unspecified atom stereocenters. The Morgan fingerprint density at radius 1 is 1.27 bits per heavy atom. The largest absolute Gasteiger partial charge is 0.241 e. The van der Waals surface area contributed by atoms with Gasteiger partial charge in [0, 0.05) is 11.0 Å². The third-order valence-electron chi connectivity index (χ3n) is 0.969. The smallest absolute Gasteiger partial charge is 0.164 e. The van der Waals surface area contributed by atoms with Crippen molar-refractivity contribution >= 4 is 27.8 Å². The Kier molecular flexibility index (Phi) is 7.28. The molecule has 0 amide bonds. The minimum Gasteiger partial charge on any atom is -0.241 e. The van der Waals surface area contributed by atoms with Crippen molar-refractivity contribution in [3.8, 4) is 0 Å². The van der Waals surface area contributed by atoms with E-state index in [1.807, 2.05) is 18.7 Å². The molecule has 0 fully saturated rings. The summed E-state index contributed by atoms with van der Waals surface area (Å²) in [4.78, 5) is 1.32. The van der Waals surface area contributed by atoms with E-state index in [9.17, 15) is 0 Å². The van der Waals surface area contributed by atoms with Gasteiger partial charge in [-0.3, -0.25) is 0 Å². The monoisotopic (exact) mass is 271 g/mol. The zero-order valence-corrected chi connectivity index (χ0v) is 10.5. The van der Waals surface area contributed by atoms with Gasteiger partial charge in [-0.2, -0.15) is 0 Å². The fourth-order valence-corrected chi connectivity index (χ4v) is 2.21. The lowest BCUT2D eigenvalue weighted by atomic mass is 10.5. The first-order valence-corrected chi connectivity index (χ1v) is 7.07. The zero-order valence-electron chi connectivity index (χ0n) is 8.08. The molecular formula is C7H10ClNO4S2. The van der Waals surface area contributed by atoms with Gasteiger partial charge in [0.1, 0.15) is 14.1 Å². The molecule has 0 radical (unpaired) electrons. The fourth-order valence-electron chi connectivity index (χ4n) is 0.512. The predicted molar refractivity (Wildman–Crippen MR) is 50.6 cm³/mol. The zero-order chi connectivity index (χ0) is 11.9. The molecule has 0 aromatic heterocycles. The Labute approximate surface area is 97.9 Å². The molecule has 5 nitrogen and oxygen atoms in total. The molecule has 8 heteroatoms. The minimum absolute atomic E-state index is 1.32. The molecule has 0 aromatic rings. The summed E-state index contributed by atoms with van der Waals surface area (Å²) in [6, 6.07) is 0.